The van der Waals surface area contributed by atoms with Crippen LogP contribution in [0.15, 0.2) is 23.8 Å². The topological polar surface area (TPSA) is 99.4 Å². The van der Waals surface area contributed by atoms with Gasteiger partial charge < -0.3 is 29.9 Å². The fourth-order valence-electron chi connectivity index (χ4n) is 10.3. The Balaban J connectivity index is 1.26. The Labute approximate surface area is 248 Å². The molecule has 5 rings (SSSR count). The fraction of sp³-hybridized carbons (Fsp3) is 0.886. The van der Waals surface area contributed by atoms with Gasteiger partial charge in [-0.2, -0.15) is 0 Å². The molecule has 234 valence electrons. The number of hydrogen-bond acceptors (Lipinski definition) is 6. The standard InChI is InChI=1S/C35H58O6/c1-7-22(20(2)3)9-8-21(4)26-12-13-27-25-11-10-23-18-24(14-16-34(23,5)28(25)15-17-35(26,27)6)40-33-32(39)31(38)30(37)29(19-36)41-33/h8-10,20-22,24-33,36-39H,7,11-19H2,1-6H3/b9-8+/t21-,22-,24-,25+,26-,27-,28+,29-,30-,31+,32-,33+,34-,35-/m1/s1. The van der Waals surface area contributed by atoms with Crippen LogP contribution in [0.2, 0.25) is 0 Å². The Morgan fingerprint density at radius 2 is 1.73 bits per heavy atom. The van der Waals surface area contributed by atoms with Gasteiger partial charge in [0.25, 0.3) is 0 Å². The van der Waals surface area contributed by atoms with Crippen molar-refractivity contribution in [1.29, 1.82) is 0 Å². The van der Waals surface area contributed by atoms with Gasteiger partial charge in [0.2, 0.25) is 0 Å². The molecule has 41 heavy (non-hydrogen) atoms. The highest BCUT2D eigenvalue weighted by Gasteiger charge is 2.59. The van der Waals surface area contributed by atoms with Crippen molar-refractivity contribution >= 4 is 0 Å². The minimum absolute atomic E-state index is 0.109. The van der Waals surface area contributed by atoms with Gasteiger partial charge in [-0.25, -0.2) is 0 Å². The van der Waals surface area contributed by atoms with Crippen LogP contribution in [0.4, 0.5) is 0 Å². The van der Waals surface area contributed by atoms with E-state index in [0.717, 1.165) is 43.4 Å². The van der Waals surface area contributed by atoms with Crippen molar-refractivity contribution in [2.75, 3.05) is 6.61 Å². The molecule has 14 atom stereocenters. The molecule has 6 heteroatoms. The van der Waals surface area contributed by atoms with Gasteiger partial charge in [0.1, 0.15) is 24.4 Å². The van der Waals surface area contributed by atoms with Crippen LogP contribution in [0.5, 0.6) is 0 Å². The Morgan fingerprint density at radius 1 is 0.976 bits per heavy atom. The predicted molar refractivity (Wildman–Crippen MR) is 161 cm³/mol. The molecule has 0 aromatic rings. The van der Waals surface area contributed by atoms with Crippen molar-refractivity contribution in [2.24, 2.45) is 52.3 Å². The highest BCUT2D eigenvalue weighted by Crippen LogP contribution is 2.67. The van der Waals surface area contributed by atoms with E-state index in [1.807, 2.05) is 0 Å². The summed E-state index contributed by atoms with van der Waals surface area (Å²) in [5.41, 5.74) is 2.11. The van der Waals surface area contributed by atoms with Crippen molar-refractivity contribution in [2.45, 2.75) is 136 Å². The third-order valence-electron chi connectivity index (χ3n) is 12.9. The molecule has 0 unspecified atom stereocenters. The lowest BCUT2D eigenvalue weighted by Crippen LogP contribution is -2.60. The lowest BCUT2D eigenvalue weighted by atomic mass is 9.47. The maximum atomic E-state index is 10.5. The molecule has 1 saturated heterocycles. The molecule has 0 aromatic heterocycles. The SMILES string of the molecule is CC[C@H](/C=C/[C@@H](C)[C@H]1CC[C@@H]2[C@@H]3CC=C4C[C@H](O[C@H]5O[C@H](CO)[C@@H](O)[C@H](O)[C@H]5O)CC[C@@]4(C)[C@H]3CC[C@@]21C)C(C)C. The molecule has 5 aliphatic rings. The number of aliphatic hydroxyl groups excluding tert-OH is 4. The van der Waals surface area contributed by atoms with E-state index in [1.165, 1.54) is 37.7 Å². The number of rotatable bonds is 8. The van der Waals surface area contributed by atoms with E-state index in [9.17, 15) is 20.4 Å². The second-order valence-electron chi connectivity index (χ2n) is 15.2. The van der Waals surface area contributed by atoms with E-state index < -0.39 is 37.3 Å². The van der Waals surface area contributed by atoms with Crippen molar-refractivity contribution < 1.29 is 29.9 Å². The van der Waals surface area contributed by atoms with Gasteiger partial charge in [-0.15, -0.1) is 0 Å². The molecule has 3 saturated carbocycles. The van der Waals surface area contributed by atoms with Gasteiger partial charge in [-0.05, 0) is 110 Å². The van der Waals surface area contributed by atoms with Crippen molar-refractivity contribution in [3.05, 3.63) is 23.8 Å². The van der Waals surface area contributed by atoms with Gasteiger partial charge in [-0.3, -0.25) is 0 Å². The van der Waals surface area contributed by atoms with E-state index in [1.54, 1.807) is 0 Å². The summed E-state index contributed by atoms with van der Waals surface area (Å²) in [5, 5.41) is 40.4. The highest BCUT2D eigenvalue weighted by molar-refractivity contribution is 5.25. The van der Waals surface area contributed by atoms with Crippen LogP contribution < -0.4 is 0 Å². The fourth-order valence-corrected chi connectivity index (χ4v) is 10.3. The molecule has 1 aliphatic heterocycles. The largest absolute Gasteiger partial charge is 0.394 e. The first-order valence-corrected chi connectivity index (χ1v) is 16.8. The van der Waals surface area contributed by atoms with E-state index in [4.69, 9.17) is 9.47 Å². The van der Waals surface area contributed by atoms with Crippen LogP contribution in [0.3, 0.4) is 0 Å². The number of hydrogen-bond donors (Lipinski definition) is 4. The summed E-state index contributed by atoms with van der Waals surface area (Å²) in [5.74, 6) is 5.05. The average molecular weight is 575 g/mol. The predicted octanol–water partition coefficient (Wildman–Crippen LogP) is 5.63. The smallest absolute Gasteiger partial charge is 0.186 e. The zero-order chi connectivity index (χ0) is 29.7. The molecule has 0 radical (unpaired) electrons. The van der Waals surface area contributed by atoms with Crippen LogP contribution >= 0.6 is 0 Å². The maximum absolute atomic E-state index is 10.5. The molecule has 4 N–H and O–H groups in total. The Kier molecular flexibility index (Phi) is 9.51. The molecule has 0 aromatic carbocycles. The van der Waals surface area contributed by atoms with Gasteiger partial charge >= 0.3 is 0 Å². The first kappa shape index (κ1) is 31.7. The molecular weight excluding hydrogens is 516 g/mol. The maximum Gasteiger partial charge on any atom is 0.186 e. The molecule has 4 fully saturated rings. The second-order valence-corrected chi connectivity index (χ2v) is 15.2. The summed E-state index contributed by atoms with van der Waals surface area (Å²) in [6.45, 7) is 14.2. The van der Waals surface area contributed by atoms with E-state index in [-0.39, 0.29) is 11.5 Å². The molecule has 6 nitrogen and oxygen atoms in total. The van der Waals surface area contributed by atoms with Gasteiger partial charge in [0, 0.05) is 0 Å². The minimum Gasteiger partial charge on any atom is -0.394 e. The normalized spacial score (nSPS) is 47.9. The lowest BCUT2D eigenvalue weighted by molar-refractivity contribution is -0.313. The summed E-state index contributed by atoms with van der Waals surface area (Å²) >= 11 is 0. The monoisotopic (exact) mass is 574 g/mol. The number of aliphatic hydroxyl groups is 4. The molecular formula is C35H58O6. The number of allylic oxidation sites excluding steroid dienone is 3. The summed E-state index contributed by atoms with van der Waals surface area (Å²) < 4.78 is 11.9. The summed E-state index contributed by atoms with van der Waals surface area (Å²) in [6, 6.07) is 0. The van der Waals surface area contributed by atoms with E-state index in [0.29, 0.717) is 29.1 Å². The zero-order valence-corrected chi connectivity index (χ0v) is 26.4. The van der Waals surface area contributed by atoms with Crippen molar-refractivity contribution in [3.63, 3.8) is 0 Å². The number of fused-ring (bicyclic) bond motifs is 5. The molecule has 0 spiro atoms. The molecule has 0 amide bonds. The minimum atomic E-state index is -1.40. The van der Waals surface area contributed by atoms with Crippen molar-refractivity contribution in [1.82, 2.24) is 0 Å². The quantitative estimate of drug-likeness (QED) is 0.281. The Hall–Kier alpha value is -0.760. The van der Waals surface area contributed by atoms with Crippen molar-refractivity contribution in [3.8, 4) is 0 Å². The summed E-state index contributed by atoms with van der Waals surface area (Å²) in [7, 11) is 0. The average Bonchev–Trinajstić information content (AvgIpc) is 3.30. The van der Waals surface area contributed by atoms with Gasteiger partial charge in [-0.1, -0.05) is 65.3 Å². The van der Waals surface area contributed by atoms with Gasteiger partial charge in [0.05, 0.1) is 12.7 Å². The highest BCUT2D eigenvalue weighted by atomic mass is 16.7. The Morgan fingerprint density at radius 3 is 2.41 bits per heavy atom. The van der Waals surface area contributed by atoms with Gasteiger partial charge in [0.15, 0.2) is 6.29 Å². The summed E-state index contributed by atoms with van der Waals surface area (Å²) in [6.07, 6.45) is 11.9. The first-order valence-electron chi connectivity index (χ1n) is 16.8. The van der Waals surface area contributed by atoms with Crippen LogP contribution in [-0.4, -0.2) is 63.8 Å². The first-order chi connectivity index (χ1) is 19.4. The lowest BCUT2D eigenvalue weighted by Gasteiger charge is -2.58. The van der Waals surface area contributed by atoms with Crippen LogP contribution in [-0.2, 0) is 9.47 Å². The van der Waals surface area contributed by atoms with Crippen LogP contribution in [0, 0.1) is 52.3 Å². The summed E-state index contributed by atoms with van der Waals surface area (Å²) in [4.78, 5) is 0. The van der Waals surface area contributed by atoms with E-state index in [2.05, 4.69) is 59.8 Å². The third kappa shape index (κ3) is 5.64. The third-order valence-corrected chi connectivity index (χ3v) is 12.9. The second kappa shape index (κ2) is 12.3. The van der Waals surface area contributed by atoms with Crippen LogP contribution in [0.1, 0.15) is 99.3 Å². The molecule has 4 aliphatic carbocycles. The Bertz CT molecular complexity index is 960. The number of ether oxygens (including phenoxy) is 2. The van der Waals surface area contributed by atoms with Crippen LogP contribution in [0.25, 0.3) is 0 Å². The molecule has 0 bridgehead atoms. The zero-order valence-electron chi connectivity index (χ0n) is 26.4. The molecule has 1 heterocycles. The van der Waals surface area contributed by atoms with E-state index >= 15 is 0 Å².